The molecule has 0 heterocycles. The Kier molecular flexibility index (Phi) is 4.69. The summed E-state index contributed by atoms with van der Waals surface area (Å²) in [7, 11) is 0. The zero-order valence-corrected chi connectivity index (χ0v) is 13.5. The van der Waals surface area contributed by atoms with E-state index in [1.807, 2.05) is 24.3 Å². The summed E-state index contributed by atoms with van der Waals surface area (Å²) in [5.41, 5.74) is 8.13. The molecule has 5 heteroatoms. The summed E-state index contributed by atoms with van der Waals surface area (Å²) in [5.74, 6) is -0.500. The maximum Gasteiger partial charge on any atom is 0.323 e. The minimum absolute atomic E-state index is 0.0724. The van der Waals surface area contributed by atoms with Gasteiger partial charge in [0.15, 0.2) is 0 Å². The lowest BCUT2D eigenvalue weighted by atomic mass is 9.87. The monoisotopic (exact) mass is 311 g/mol. The van der Waals surface area contributed by atoms with Crippen LogP contribution in [0.1, 0.15) is 36.7 Å². The van der Waals surface area contributed by atoms with Gasteiger partial charge in [0.1, 0.15) is 0 Å². The number of hydrogen-bond acceptors (Lipinski definition) is 2. The second-order valence-corrected chi connectivity index (χ2v) is 6.35. The number of carbonyl (C=O) groups excluding carboxylic acids is 2. The van der Waals surface area contributed by atoms with Crippen LogP contribution in [0.25, 0.3) is 0 Å². The standard InChI is InChI=1S/C18H21N3O2/c1-18(2,3)13-6-10-15(11-7-13)21-17(23)20-14-8-4-12(5-9-14)16(19)22/h4-11H,1-3H3,(H2,19,22)(H2,20,21,23). The third-order valence-electron chi connectivity index (χ3n) is 3.44. The first kappa shape index (κ1) is 16.5. The van der Waals surface area contributed by atoms with Gasteiger partial charge in [0.25, 0.3) is 0 Å². The first-order valence-corrected chi connectivity index (χ1v) is 7.34. The summed E-state index contributed by atoms with van der Waals surface area (Å²) in [6, 6.07) is 13.8. The topological polar surface area (TPSA) is 84.2 Å². The van der Waals surface area contributed by atoms with E-state index in [1.165, 1.54) is 5.56 Å². The van der Waals surface area contributed by atoms with E-state index in [0.717, 1.165) is 0 Å². The molecule has 0 unspecified atom stereocenters. The molecule has 2 aromatic carbocycles. The number of primary amides is 1. The number of hydrogen-bond donors (Lipinski definition) is 3. The van der Waals surface area contributed by atoms with Gasteiger partial charge in [-0.3, -0.25) is 4.79 Å². The van der Waals surface area contributed by atoms with Gasteiger partial charge in [-0.25, -0.2) is 4.79 Å². The predicted molar refractivity (Wildman–Crippen MR) is 92.7 cm³/mol. The van der Waals surface area contributed by atoms with Crippen molar-refractivity contribution in [3.05, 3.63) is 59.7 Å². The summed E-state index contributed by atoms with van der Waals surface area (Å²) in [6.45, 7) is 6.41. The van der Waals surface area contributed by atoms with Gasteiger partial charge in [-0.1, -0.05) is 32.9 Å². The van der Waals surface area contributed by atoms with Crippen molar-refractivity contribution in [2.75, 3.05) is 10.6 Å². The number of anilines is 2. The zero-order chi connectivity index (χ0) is 17.0. The van der Waals surface area contributed by atoms with Crippen LogP contribution >= 0.6 is 0 Å². The molecule has 0 saturated heterocycles. The molecule has 0 bridgehead atoms. The van der Waals surface area contributed by atoms with E-state index in [1.54, 1.807) is 24.3 Å². The van der Waals surface area contributed by atoms with Crippen molar-refractivity contribution in [3.8, 4) is 0 Å². The summed E-state index contributed by atoms with van der Waals surface area (Å²) in [5, 5.41) is 5.46. The molecular formula is C18H21N3O2. The van der Waals surface area contributed by atoms with Crippen molar-refractivity contribution < 1.29 is 9.59 Å². The Morgan fingerprint density at radius 3 is 1.65 bits per heavy atom. The van der Waals surface area contributed by atoms with Crippen LogP contribution in [0.15, 0.2) is 48.5 Å². The molecule has 0 saturated carbocycles. The number of carbonyl (C=O) groups is 2. The SMILES string of the molecule is CC(C)(C)c1ccc(NC(=O)Nc2ccc(C(N)=O)cc2)cc1. The van der Waals surface area contributed by atoms with Crippen molar-refractivity contribution in [2.45, 2.75) is 26.2 Å². The highest BCUT2D eigenvalue weighted by Gasteiger charge is 2.13. The molecule has 4 N–H and O–H groups in total. The molecule has 3 amide bonds. The minimum atomic E-state index is -0.500. The number of urea groups is 1. The lowest BCUT2D eigenvalue weighted by Crippen LogP contribution is -2.20. The Bertz CT molecular complexity index is 699. The molecule has 0 aliphatic heterocycles. The van der Waals surface area contributed by atoms with Gasteiger partial charge >= 0.3 is 6.03 Å². The molecule has 0 aromatic heterocycles. The fourth-order valence-corrected chi connectivity index (χ4v) is 2.06. The van der Waals surface area contributed by atoms with Crippen LogP contribution in [0, 0.1) is 0 Å². The van der Waals surface area contributed by atoms with E-state index in [9.17, 15) is 9.59 Å². The van der Waals surface area contributed by atoms with Gasteiger partial charge in [-0.05, 0) is 47.4 Å². The van der Waals surface area contributed by atoms with E-state index in [0.29, 0.717) is 16.9 Å². The van der Waals surface area contributed by atoms with Crippen molar-refractivity contribution >= 4 is 23.3 Å². The molecule has 0 radical (unpaired) electrons. The second-order valence-electron chi connectivity index (χ2n) is 6.35. The number of nitrogens with one attached hydrogen (secondary N) is 2. The highest BCUT2D eigenvalue weighted by molar-refractivity contribution is 6.00. The molecule has 0 aliphatic rings. The van der Waals surface area contributed by atoms with Gasteiger partial charge in [0.05, 0.1) is 0 Å². The van der Waals surface area contributed by atoms with Crippen LogP contribution in [0.5, 0.6) is 0 Å². The van der Waals surface area contributed by atoms with Crippen molar-refractivity contribution in [1.82, 2.24) is 0 Å². The van der Waals surface area contributed by atoms with E-state index < -0.39 is 5.91 Å². The molecular weight excluding hydrogens is 290 g/mol. The molecule has 2 rings (SSSR count). The Labute approximate surface area is 135 Å². The largest absolute Gasteiger partial charge is 0.366 e. The van der Waals surface area contributed by atoms with Crippen LogP contribution < -0.4 is 16.4 Å². The first-order valence-electron chi connectivity index (χ1n) is 7.34. The Morgan fingerprint density at radius 1 is 0.826 bits per heavy atom. The van der Waals surface area contributed by atoms with Crippen molar-refractivity contribution in [2.24, 2.45) is 5.73 Å². The summed E-state index contributed by atoms with van der Waals surface area (Å²) in [6.07, 6.45) is 0. The number of amides is 3. The van der Waals surface area contributed by atoms with Crippen LogP contribution in [0.2, 0.25) is 0 Å². The molecule has 0 spiro atoms. The first-order chi connectivity index (χ1) is 10.8. The third-order valence-corrected chi connectivity index (χ3v) is 3.44. The smallest absolute Gasteiger partial charge is 0.323 e. The quantitative estimate of drug-likeness (QED) is 0.807. The Hall–Kier alpha value is -2.82. The fourth-order valence-electron chi connectivity index (χ4n) is 2.06. The highest BCUT2D eigenvalue weighted by Crippen LogP contribution is 2.23. The van der Waals surface area contributed by atoms with Crippen molar-refractivity contribution in [3.63, 3.8) is 0 Å². The maximum atomic E-state index is 12.0. The Balaban J connectivity index is 1.98. The summed E-state index contributed by atoms with van der Waals surface area (Å²) in [4.78, 5) is 23.0. The van der Waals surface area contributed by atoms with Crippen LogP contribution in [0.4, 0.5) is 16.2 Å². The molecule has 0 atom stereocenters. The normalized spacial score (nSPS) is 10.9. The molecule has 5 nitrogen and oxygen atoms in total. The van der Waals surface area contributed by atoms with Gasteiger partial charge in [-0.2, -0.15) is 0 Å². The van der Waals surface area contributed by atoms with Crippen LogP contribution in [-0.4, -0.2) is 11.9 Å². The average molecular weight is 311 g/mol. The van der Waals surface area contributed by atoms with Crippen molar-refractivity contribution in [1.29, 1.82) is 0 Å². The molecule has 0 fully saturated rings. The van der Waals surface area contributed by atoms with Gasteiger partial charge in [0, 0.05) is 16.9 Å². The third kappa shape index (κ3) is 4.57. The molecule has 2 aromatic rings. The fraction of sp³-hybridized carbons (Fsp3) is 0.222. The van der Waals surface area contributed by atoms with Gasteiger partial charge in [-0.15, -0.1) is 0 Å². The lowest BCUT2D eigenvalue weighted by molar-refractivity contribution is 0.100. The molecule has 120 valence electrons. The van der Waals surface area contributed by atoms with E-state index in [-0.39, 0.29) is 11.4 Å². The van der Waals surface area contributed by atoms with Crippen LogP contribution in [0.3, 0.4) is 0 Å². The molecule has 0 aliphatic carbocycles. The van der Waals surface area contributed by atoms with Gasteiger partial charge in [0.2, 0.25) is 5.91 Å². The number of nitrogens with two attached hydrogens (primary N) is 1. The Morgan fingerprint density at radius 2 is 1.26 bits per heavy atom. The number of rotatable bonds is 3. The maximum absolute atomic E-state index is 12.0. The molecule has 23 heavy (non-hydrogen) atoms. The van der Waals surface area contributed by atoms with Gasteiger partial charge < -0.3 is 16.4 Å². The van der Waals surface area contributed by atoms with Crippen LogP contribution in [-0.2, 0) is 5.41 Å². The lowest BCUT2D eigenvalue weighted by Gasteiger charge is -2.19. The van der Waals surface area contributed by atoms with E-state index >= 15 is 0 Å². The predicted octanol–water partition coefficient (Wildman–Crippen LogP) is 3.73. The average Bonchev–Trinajstić information content (AvgIpc) is 2.47. The second kappa shape index (κ2) is 6.52. The van der Waals surface area contributed by atoms with E-state index in [2.05, 4.69) is 31.4 Å². The number of benzene rings is 2. The minimum Gasteiger partial charge on any atom is -0.366 e. The highest BCUT2D eigenvalue weighted by atomic mass is 16.2. The zero-order valence-electron chi connectivity index (χ0n) is 13.5. The summed E-state index contributed by atoms with van der Waals surface area (Å²) < 4.78 is 0. The summed E-state index contributed by atoms with van der Waals surface area (Å²) >= 11 is 0. The van der Waals surface area contributed by atoms with E-state index in [4.69, 9.17) is 5.73 Å².